The van der Waals surface area contributed by atoms with Gasteiger partial charge < -0.3 is 4.74 Å². The van der Waals surface area contributed by atoms with Gasteiger partial charge in [0.1, 0.15) is 11.6 Å². The highest BCUT2D eigenvalue weighted by atomic mass is 19.4. The topological polar surface area (TPSA) is 9.23 Å². The summed E-state index contributed by atoms with van der Waals surface area (Å²) < 4.78 is 72.4. The van der Waals surface area contributed by atoms with Crippen LogP contribution in [0.1, 0.15) is 33.4 Å². The lowest BCUT2D eigenvalue weighted by Gasteiger charge is -2.11. The van der Waals surface area contributed by atoms with Crippen molar-refractivity contribution < 1.29 is 26.7 Å². The molecule has 0 unspecified atom stereocenters. The quantitative estimate of drug-likeness (QED) is 0.213. The van der Waals surface area contributed by atoms with Crippen molar-refractivity contribution in [2.24, 2.45) is 0 Å². The highest BCUT2D eigenvalue weighted by Crippen LogP contribution is 2.32. The van der Waals surface area contributed by atoms with Crippen molar-refractivity contribution in [2.75, 3.05) is 13.7 Å². The molecule has 0 aromatic heterocycles. The van der Waals surface area contributed by atoms with Crippen molar-refractivity contribution in [3.8, 4) is 0 Å². The van der Waals surface area contributed by atoms with Crippen LogP contribution in [0.25, 0.3) is 10.8 Å². The number of hydrogen-bond donors (Lipinski definition) is 0. The standard InChI is InChI=1S/C30H27F5O/c1-36-17-16-21-4-2-20(3-5-21)6-7-22-9-14-26-25(18-22)13-12-24(29(26)32)11-8-23-10-15-27(28(31)19-23)30(33,34)35/h2-5,9-10,12-15,18-19H,6-8,11,16-17H2,1H3. The predicted octanol–water partition coefficient (Wildman–Crippen LogP) is 7.90. The Morgan fingerprint density at radius 3 is 1.89 bits per heavy atom. The molecule has 0 bridgehead atoms. The molecule has 188 valence electrons. The molecule has 0 aliphatic heterocycles. The first-order valence-corrected chi connectivity index (χ1v) is 11.9. The summed E-state index contributed by atoms with van der Waals surface area (Å²) in [5.74, 6) is -1.66. The van der Waals surface area contributed by atoms with E-state index in [-0.39, 0.29) is 18.7 Å². The van der Waals surface area contributed by atoms with Crippen LogP contribution in [0.5, 0.6) is 0 Å². The summed E-state index contributed by atoms with van der Waals surface area (Å²) in [6, 6.07) is 20.6. The zero-order valence-corrected chi connectivity index (χ0v) is 20.0. The minimum Gasteiger partial charge on any atom is -0.384 e. The number of aryl methyl sites for hydroxylation is 4. The Morgan fingerprint density at radius 1 is 0.639 bits per heavy atom. The maximum Gasteiger partial charge on any atom is 0.419 e. The third kappa shape index (κ3) is 6.30. The second-order valence-electron chi connectivity index (χ2n) is 8.97. The van der Waals surface area contributed by atoms with Crippen molar-refractivity contribution in [1.82, 2.24) is 0 Å². The largest absolute Gasteiger partial charge is 0.419 e. The molecule has 0 saturated heterocycles. The lowest BCUT2D eigenvalue weighted by molar-refractivity contribution is -0.140. The molecule has 0 fully saturated rings. The van der Waals surface area contributed by atoms with Gasteiger partial charge in [-0.25, -0.2) is 8.78 Å². The van der Waals surface area contributed by atoms with Gasteiger partial charge in [0.15, 0.2) is 0 Å². The van der Waals surface area contributed by atoms with Crippen LogP contribution >= 0.6 is 0 Å². The second kappa shape index (κ2) is 11.2. The van der Waals surface area contributed by atoms with E-state index in [2.05, 4.69) is 24.3 Å². The normalized spacial score (nSPS) is 11.8. The molecule has 4 aromatic rings. The number of fused-ring (bicyclic) bond motifs is 1. The molecule has 0 heterocycles. The molecule has 4 rings (SSSR count). The van der Waals surface area contributed by atoms with E-state index < -0.39 is 17.6 Å². The Morgan fingerprint density at radius 2 is 1.22 bits per heavy atom. The number of rotatable bonds is 9. The van der Waals surface area contributed by atoms with Crippen LogP contribution in [0.3, 0.4) is 0 Å². The summed E-state index contributed by atoms with van der Waals surface area (Å²) in [5.41, 5.74) is 3.13. The first-order chi connectivity index (χ1) is 17.2. The highest BCUT2D eigenvalue weighted by Gasteiger charge is 2.33. The molecular weight excluding hydrogens is 471 g/mol. The number of alkyl halides is 3. The van der Waals surface area contributed by atoms with Crippen LogP contribution in [0, 0.1) is 11.6 Å². The minimum atomic E-state index is -4.74. The molecular formula is C30H27F5O. The molecule has 0 N–H and O–H groups in total. The molecule has 0 radical (unpaired) electrons. The molecule has 0 spiro atoms. The van der Waals surface area contributed by atoms with Crippen molar-refractivity contribution in [3.63, 3.8) is 0 Å². The summed E-state index contributed by atoms with van der Waals surface area (Å²) in [5, 5.41) is 1.29. The summed E-state index contributed by atoms with van der Waals surface area (Å²) in [4.78, 5) is 0. The van der Waals surface area contributed by atoms with Crippen molar-refractivity contribution in [1.29, 1.82) is 0 Å². The summed E-state index contributed by atoms with van der Waals surface area (Å²) in [6.45, 7) is 0.697. The van der Waals surface area contributed by atoms with E-state index in [1.54, 1.807) is 19.2 Å². The van der Waals surface area contributed by atoms with Gasteiger partial charge in [0, 0.05) is 12.5 Å². The van der Waals surface area contributed by atoms with Gasteiger partial charge in [-0.05, 0) is 77.4 Å². The maximum atomic E-state index is 15.1. The molecule has 36 heavy (non-hydrogen) atoms. The fourth-order valence-corrected chi connectivity index (χ4v) is 4.34. The van der Waals surface area contributed by atoms with Gasteiger partial charge >= 0.3 is 6.18 Å². The number of benzene rings is 4. The summed E-state index contributed by atoms with van der Waals surface area (Å²) in [6.07, 6.45) is -1.65. The molecule has 0 atom stereocenters. The lowest BCUT2D eigenvalue weighted by atomic mass is 9.97. The van der Waals surface area contributed by atoms with Crippen LogP contribution in [0.15, 0.2) is 72.8 Å². The van der Waals surface area contributed by atoms with Gasteiger partial charge in [0.05, 0.1) is 12.2 Å². The van der Waals surface area contributed by atoms with Crippen LogP contribution in [0.4, 0.5) is 22.0 Å². The van der Waals surface area contributed by atoms with Crippen molar-refractivity contribution >= 4 is 10.8 Å². The Labute approximate surface area is 207 Å². The zero-order chi connectivity index (χ0) is 25.7. The van der Waals surface area contributed by atoms with Crippen LogP contribution in [-0.4, -0.2) is 13.7 Å². The van der Waals surface area contributed by atoms with E-state index in [9.17, 15) is 17.6 Å². The van der Waals surface area contributed by atoms with Crippen molar-refractivity contribution in [2.45, 2.75) is 38.3 Å². The first-order valence-electron chi connectivity index (χ1n) is 11.9. The summed E-state index contributed by atoms with van der Waals surface area (Å²) >= 11 is 0. The number of halogens is 5. The molecule has 4 aromatic carbocycles. The van der Waals surface area contributed by atoms with E-state index in [1.165, 1.54) is 17.2 Å². The fourth-order valence-electron chi connectivity index (χ4n) is 4.34. The Kier molecular flexibility index (Phi) is 8.04. The predicted molar refractivity (Wildman–Crippen MR) is 132 cm³/mol. The highest BCUT2D eigenvalue weighted by molar-refractivity contribution is 5.84. The van der Waals surface area contributed by atoms with E-state index in [0.717, 1.165) is 42.3 Å². The second-order valence-corrected chi connectivity index (χ2v) is 8.97. The van der Waals surface area contributed by atoms with Gasteiger partial charge in [-0.2, -0.15) is 13.2 Å². The molecule has 0 aliphatic carbocycles. The first kappa shape index (κ1) is 25.8. The zero-order valence-electron chi connectivity index (χ0n) is 20.0. The number of methoxy groups -OCH3 is 1. The Balaban J connectivity index is 1.40. The van der Waals surface area contributed by atoms with Gasteiger partial charge in [-0.15, -0.1) is 0 Å². The number of hydrogen-bond acceptors (Lipinski definition) is 1. The number of ether oxygens (including phenoxy) is 1. The third-order valence-electron chi connectivity index (χ3n) is 6.44. The van der Waals surface area contributed by atoms with Gasteiger partial charge in [-0.3, -0.25) is 0 Å². The van der Waals surface area contributed by atoms with E-state index in [4.69, 9.17) is 4.74 Å². The Hall–Kier alpha value is -3.25. The van der Waals surface area contributed by atoms with E-state index in [1.807, 2.05) is 18.2 Å². The minimum absolute atomic E-state index is 0.236. The SMILES string of the molecule is COCCc1ccc(CCc2ccc3c(F)c(CCc4ccc(C(F)(F)F)c(F)c4)ccc3c2)cc1. The fraction of sp³-hybridized carbons (Fsp3) is 0.267. The molecule has 1 nitrogen and oxygen atoms in total. The summed E-state index contributed by atoms with van der Waals surface area (Å²) in [7, 11) is 1.69. The average molecular weight is 499 g/mol. The average Bonchev–Trinajstić information content (AvgIpc) is 2.85. The van der Waals surface area contributed by atoms with E-state index >= 15 is 4.39 Å². The Bertz CT molecular complexity index is 1330. The maximum absolute atomic E-state index is 15.1. The van der Waals surface area contributed by atoms with Crippen LogP contribution < -0.4 is 0 Å². The van der Waals surface area contributed by atoms with Crippen molar-refractivity contribution in [3.05, 3.63) is 118 Å². The van der Waals surface area contributed by atoms with Crippen LogP contribution in [0.2, 0.25) is 0 Å². The molecule has 0 saturated carbocycles. The lowest BCUT2D eigenvalue weighted by Crippen LogP contribution is -2.08. The van der Waals surface area contributed by atoms with Gasteiger partial charge in [0.2, 0.25) is 0 Å². The van der Waals surface area contributed by atoms with E-state index in [0.29, 0.717) is 23.1 Å². The van der Waals surface area contributed by atoms with Crippen LogP contribution in [-0.2, 0) is 43.0 Å². The molecule has 0 amide bonds. The van der Waals surface area contributed by atoms with Gasteiger partial charge in [-0.1, -0.05) is 60.7 Å². The monoisotopic (exact) mass is 498 g/mol. The molecule has 6 heteroatoms. The smallest absolute Gasteiger partial charge is 0.384 e. The molecule has 0 aliphatic rings. The van der Waals surface area contributed by atoms with Gasteiger partial charge in [0.25, 0.3) is 0 Å². The third-order valence-corrected chi connectivity index (χ3v) is 6.44.